The van der Waals surface area contributed by atoms with Gasteiger partial charge in [-0.05, 0) is 23.6 Å². The summed E-state index contributed by atoms with van der Waals surface area (Å²) in [6.07, 6.45) is 2.29. The summed E-state index contributed by atoms with van der Waals surface area (Å²) in [7, 11) is -3.06. The van der Waals surface area contributed by atoms with Crippen molar-refractivity contribution in [3.63, 3.8) is 0 Å². The van der Waals surface area contributed by atoms with Crippen LogP contribution in [0.3, 0.4) is 0 Å². The topological polar surface area (TPSA) is 112 Å². The minimum absolute atomic E-state index is 0.00968. The second-order valence-electron chi connectivity index (χ2n) is 7.39. The Labute approximate surface area is 163 Å². The highest BCUT2D eigenvalue weighted by molar-refractivity contribution is 7.91. The van der Waals surface area contributed by atoms with Crippen LogP contribution in [0.5, 0.6) is 0 Å². The first-order valence-electron chi connectivity index (χ1n) is 9.27. The Morgan fingerprint density at radius 1 is 1.25 bits per heavy atom. The molecule has 2 N–H and O–H groups in total. The van der Waals surface area contributed by atoms with Crippen molar-refractivity contribution < 1.29 is 18.0 Å². The average molecular weight is 402 g/mol. The fraction of sp³-hybridized carbons (Fsp3) is 0.421. The van der Waals surface area contributed by atoms with E-state index >= 15 is 0 Å². The summed E-state index contributed by atoms with van der Waals surface area (Å²) in [6, 6.07) is 9.38. The summed E-state index contributed by atoms with van der Waals surface area (Å²) in [5.74, 6) is -0.608. The third-order valence-corrected chi connectivity index (χ3v) is 7.16. The van der Waals surface area contributed by atoms with Gasteiger partial charge in [0.05, 0.1) is 23.1 Å². The SMILES string of the molecule is O=C(NCc1ccc(-c2ccn[nH]2)cc1)C1CC(=O)N(C2CCS(=O)(=O)C2)C1. The number of aromatic amines is 1. The van der Waals surface area contributed by atoms with Crippen LogP contribution in [0.15, 0.2) is 36.5 Å². The Morgan fingerprint density at radius 3 is 2.68 bits per heavy atom. The van der Waals surface area contributed by atoms with Crippen LogP contribution in [0.4, 0.5) is 0 Å². The fourth-order valence-corrected chi connectivity index (χ4v) is 5.56. The first kappa shape index (κ1) is 18.7. The van der Waals surface area contributed by atoms with Crippen molar-refractivity contribution >= 4 is 21.7 Å². The summed E-state index contributed by atoms with van der Waals surface area (Å²) < 4.78 is 23.3. The lowest BCUT2D eigenvalue weighted by Crippen LogP contribution is -2.39. The zero-order chi connectivity index (χ0) is 19.7. The molecule has 2 unspecified atom stereocenters. The van der Waals surface area contributed by atoms with Gasteiger partial charge in [0.15, 0.2) is 9.84 Å². The van der Waals surface area contributed by atoms with Gasteiger partial charge in [-0.2, -0.15) is 5.10 Å². The molecule has 148 valence electrons. The molecule has 9 heteroatoms. The first-order chi connectivity index (χ1) is 13.4. The lowest BCUT2D eigenvalue weighted by molar-refractivity contribution is -0.130. The van der Waals surface area contributed by atoms with Gasteiger partial charge in [0.25, 0.3) is 0 Å². The highest BCUT2D eigenvalue weighted by Crippen LogP contribution is 2.26. The molecule has 1 aromatic heterocycles. The van der Waals surface area contributed by atoms with Crippen molar-refractivity contribution in [3.8, 4) is 11.3 Å². The molecule has 0 bridgehead atoms. The van der Waals surface area contributed by atoms with Crippen LogP contribution in [-0.2, 0) is 26.0 Å². The zero-order valence-corrected chi connectivity index (χ0v) is 16.1. The average Bonchev–Trinajstić information content (AvgIpc) is 3.40. The number of nitrogens with zero attached hydrogens (tertiary/aromatic N) is 2. The van der Waals surface area contributed by atoms with Gasteiger partial charge in [0, 0.05) is 31.7 Å². The van der Waals surface area contributed by atoms with Crippen LogP contribution >= 0.6 is 0 Å². The summed E-state index contributed by atoms with van der Waals surface area (Å²) in [4.78, 5) is 26.3. The minimum atomic E-state index is -3.06. The lowest BCUT2D eigenvalue weighted by atomic mass is 10.1. The number of sulfone groups is 1. The van der Waals surface area contributed by atoms with Crippen LogP contribution in [-0.4, -0.2) is 59.4 Å². The van der Waals surface area contributed by atoms with E-state index in [0.29, 0.717) is 19.5 Å². The molecule has 0 saturated carbocycles. The van der Waals surface area contributed by atoms with Gasteiger partial charge in [-0.25, -0.2) is 8.42 Å². The Morgan fingerprint density at radius 2 is 2.04 bits per heavy atom. The molecular weight excluding hydrogens is 380 g/mol. The number of carbonyl (C=O) groups excluding carboxylic acids is 2. The van der Waals surface area contributed by atoms with Gasteiger partial charge < -0.3 is 10.2 Å². The summed E-state index contributed by atoms with van der Waals surface area (Å²) >= 11 is 0. The molecule has 2 aliphatic heterocycles. The maximum absolute atomic E-state index is 12.5. The zero-order valence-electron chi connectivity index (χ0n) is 15.3. The van der Waals surface area contributed by atoms with E-state index in [0.717, 1.165) is 16.8 Å². The molecule has 0 spiro atoms. The molecule has 1 aromatic carbocycles. The second-order valence-corrected chi connectivity index (χ2v) is 9.62. The highest BCUT2D eigenvalue weighted by Gasteiger charge is 2.41. The van der Waals surface area contributed by atoms with E-state index in [9.17, 15) is 18.0 Å². The molecule has 2 aliphatic rings. The van der Waals surface area contributed by atoms with Crippen LogP contribution in [0.2, 0.25) is 0 Å². The summed E-state index contributed by atoms with van der Waals surface area (Å²) in [5.41, 5.74) is 2.89. The largest absolute Gasteiger partial charge is 0.352 e. The third kappa shape index (κ3) is 3.94. The van der Waals surface area contributed by atoms with Gasteiger partial charge >= 0.3 is 0 Å². The molecule has 2 fully saturated rings. The van der Waals surface area contributed by atoms with E-state index in [1.165, 1.54) is 0 Å². The number of carbonyl (C=O) groups is 2. The van der Waals surface area contributed by atoms with E-state index < -0.39 is 15.8 Å². The van der Waals surface area contributed by atoms with Crippen molar-refractivity contribution in [2.75, 3.05) is 18.1 Å². The summed E-state index contributed by atoms with van der Waals surface area (Å²) in [5, 5.41) is 9.72. The Bertz CT molecular complexity index is 970. The monoisotopic (exact) mass is 402 g/mol. The number of H-pyrrole nitrogens is 1. The number of benzene rings is 1. The van der Waals surface area contributed by atoms with E-state index in [-0.39, 0.29) is 35.8 Å². The predicted molar refractivity (Wildman–Crippen MR) is 103 cm³/mol. The molecule has 28 heavy (non-hydrogen) atoms. The quantitative estimate of drug-likeness (QED) is 0.766. The number of hydrogen-bond acceptors (Lipinski definition) is 5. The Kier molecular flexibility index (Phi) is 4.92. The lowest BCUT2D eigenvalue weighted by Gasteiger charge is -2.22. The van der Waals surface area contributed by atoms with Crippen molar-refractivity contribution in [2.45, 2.75) is 25.4 Å². The van der Waals surface area contributed by atoms with Crippen molar-refractivity contribution in [1.29, 1.82) is 0 Å². The van der Waals surface area contributed by atoms with Crippen LogP contribution < -0.4 is 5.32 Å². The predicted octanol–water partition coefficient (Wildman–Crippen LogP) is 0.728. The smallest absolute Gasteiger partial charge is 0.225 e. The highest BCUT2D eigenvalue weighted by atomic mass is 32.2. The maximum atomic E-state index is 12.5. The first-order valence-corrected chi connectivity index (χ1v) is 11.1. The van der Waals surface area contributed by atoms with Crippen molar-refractivity contribution in [3.05, 3.63) is 42.1 Å². The van der Waals surface area contributed by atoms with Crippen LogP contribution in [0.1, 0.15) is 18.4 Å². The molecule has 2 saturated heterocycles. The van der Waals surface area contributed by atoms with Gasteiger partial charge in [0.1, 0.15) is 0 Å². The molecule has 3 heterocycles. The molecule has 4 rings (SSSR count). The van der Waals surface area contributed by atoms with Crippen LogP contribution in [0, 0.1) is 5.92 Å². The van der Waals surface area contributed by atoms with Gasteiger partial charge in [-0.3, -0.25) is 14.7 Å². The Hall–Kier alpha value is -2.68. The van der Waals surface area contributed by atoms with Gasteiger partial charge in [-0.15, -0.1) is 0 Å². The van der Waals surface area contributed by atoms with E-state index in [1.54, 1.807) is 11.1 Å². The third-order valence-electron chi connectivity index (χ3n) is 5.41. The number of rotatable bonds is 5. The number of hydrogen-bond donors (Lipinski definition) is 2. The molecule has 2 atom stereocenters. The standard InChI is InChI=1S/C19H22N4O4S/c24-18-9-15(11-23(18)16-6-8-28(26,27)12-16)19(25)20-10-13-1-3-14(4-2-13)17-5-7-21-22-17/h1-5,7,15-16H,6,8-12H2,(H,20,25)(H,21,22). The van der Waals surface area contributed by atoms with Crippen molar-refractivity contribution in [1.82, 2.24) is 20.4 Å². The van der Waals surface area contributed by atoms with Crippen LogP contribution in [0.25, 0.3) is 11.3 Å². The van der Waals surface area contributed by atoms with E-state index in [1.807, 2.05) is 30.3 Å². The number of amides is 2. The van der Waals surface area contributed by atoms with Gasteiger partial charge in [-0.1, -0.05) is 24.3 Å². The van der Waals surface area contributed by atoms with Crippen molar-refractivity contribution in [2.24, 2.45) is 5.92 Å². The number of likely N-dealkylation sites (tertiary alicyclic amines) is 1. The summed E-state index contributed by atoms with van der Waals surface area (Å²) in [6.45, 7) is 0.675. The molecule has 8 nitrogen and oxygen atoms in total. The fourth-order valence-electron chi connectivity index (χ4n) is 3.83. The minimum Gasteiger partial charge on any atom is -0.352 e. The second kappa shape index (κ2) is 7.38. The van der Waals surface area contributed by atoms with E-state index in [4.69, 9.17) is 0 Å². The molecule has 2 aromatic rings. The molecule has 2 amide bonds. The Balaban J connectivity index is 1.31. The number of nitrogens with one attached hydrogen (secondary N) is 2. The van der Waals surface area contributed by atoms with Gasteiger partial charge in [0.2, 0.25) is 11.8 Å². The molecule has 0 aliphatic carbocycles. The molecular formula is C19H22N4O4S. The van der Waals surface area contributed by atoms with E-state index in [2.05, 4.69) is 15.5 Å². The maximum Gasteiger partial charge on any atom is 0.225 e. The molecule has 0 radical (unpaired) electrons. The normalized spacial score (nSPS) is 23.9. The number of aromatic nitrogens is 2.